The average Bonchev–Trinajstić information content (AvgIpc) is 2.73. The molecule has 1 aromatic rings. The van der Waals surface area contributed by atoms with Crippen LogP contribution in [0.4, 0.5) is 5.69 Å². The van der Waals surface area contributed by atoms with Crippen LogP contribution in [0, 0.1) is 12.8 Å². The molecule has 0 radical (unpaired) electrons. The number of hydrogen-bond donors (Lipinski definition) is 1. The quantitative estimate of drug-likeness (QED) is 0.682. The molecule has 0 aliphatic heterocycles. The minimum Gasteiger partial charge on any atom is -0.396 e. The molecule has 2 atom stereocenters. The second kappa shape index (κ2) is 2.44. The van der Waals surface area contributed by atoms with Gasteiger partial charge in [-0.1, -0.05) is 6.92 Å². The molecule has 0 bridgehead atoms. The van der Waals surface area contributed by atoms with Gasteiger partial charge in [0.15, 0.2) is 0 Å². The van der Waals surface area contributed by atoms with Gasteiger partial charge in [-0.15, -0.1) is 0 Å². The van der Waals surface area contributed by atoms with E-state index in [-0.39, 0.29) is 0 Å². The molecule has 64 valence electrons. The Morgan fingerprint density at radius 2 is 2.25 bits per heavy atom. The molecule has 0 saturated heterocycles. The molecule has 2 unspecified atom stereocenters. The smallest absolute Gasteiger partial charge is 0.132 e. The zero-order valence-electron chi connectivity index (χ0n) is 7.41. The molecule has 1 fully saturated rings. The normalized spacial score (nSPS) is 27.2. The van der Waals surface area contributed by atoms with Crippen LogP contribution in [0.25, 0.3) is 0 Å². The van der Waals surface area contributed by atoms with Crippen LogP contribution in [0.15, 0.2) is 6.20 Å². The van der Waals surface area contributed by atoms with Crippen molar-refractivity contribution in [2.75, 3.05) is 5.73 Å². The van der Waals surface area contributed by atoms with Gasteiger partial charge in [-0.3, -0.25) is 0 Å². The van der Waals surface area contributed by atoms with Crippen molar-refractivity contribution in [2.24, 2.45) is 5.92 Å². The SMILES string of the molecule is Cc1nc(C2CC2C)ncc1N. The topological polar surface area (TPSA) is 51.8 Å². The number of nitrogens with zero attached hydrogens (tertiary/aromatic N) is 2. The summed E-state index contributed by atoms with van der Waals surface area (Å²) in [5.41, 5.74) is 7.21. The number of rotatable bonds is 1. The van der Waals surface area contributed by atoms with Crippen LogP contribution < -0.4 is 5.73 Å². The van der Waals surface area contributed by atoms with Crippen LogP contribution in [0.1, 0.15) is 30.8 Å². The highest BCUT2D eigenvalue weighted by atomic mass is 14.9. The largest absolute Gasteiger partial charge is 0.396 e. The summed E-state index contributed by atoms with van der Waals surface area (Å²) in [5.74, 6) is 2.31. The van der Waals surface area contributed by atoms with Crippen molar-refractivity contribution in [1.29, 1.82) is 0 Å². The van der Waals surface area contributed by atoms with Crippen LogP contribution in [0.2, 0.25) is 0 Å². The summed E-state index contributed by atoms with van der Waals surface area (Å²) in [6.45, 7) is 4.15. The van der Waals surface area contributed by atoms with E-state index in [2.05, 4.69) is 16.9 Å². The van der Waals surface area contributed by atoms with Gasteiger partial charge in [-0.2, -0.15) is 0 Å². The Morgan fingerprint density at radius 3 is 2.75 bits per heavy atom. The van der Waals surface area contributed by atoms with Gasteiger partial charge in [0.1, 0.15) is 5.82 Å². The summed E-state index contributed by atoms with van der Waals surface area (Å²) in [7, 11) is 0. The molecule has 1 aliphatic carbocycles. The van der Waals surface area contributed by atoms with E-state index < -0.39 is 0 Å². The van der Waals surface area contributed by atoms with Crippen LogP contribution >= 0.6 is 0 Å². The van der Waals surface area contributed by atoms with E-state index in [9.17, 15) is 0 Å². The fraction of sp³-hybridized carbons (Fsp3) is 0.556. The molecule has 0 spiro atoms. The Labute approximate surface area is 72.0 Å². The average molecular weight is 163 g/mol. The minimum atomic E-state index is 0.587. The second-order valence-corrected chi connectivity index (χ2v) is 3.59. The third-order valence-electron chi connectivity index (χ3n) is 2.48. The van der Waals surface area contributed by atoms with Gasteiger partial charge in [0, 0.05) is 5.92 Å². The molecule has 1 heterocycles. The lowest BCUT2D eigenvalue weighted by molar-refractivity contribution is 0.834. The van der Waals surface area contributed by atoms with Crippen molar-refractivity contribution in [1.82, 2.24) is 9.97 Å². The van der Waals surface area contributed by atoms with Gasteiger partial charge < -0.3 is 5.73 Å². The Morgan fingerprint density at radius 1 is 1.58 bits per heavy atom. The zero-order chi connectivity index (χ0) is 8.72. The Bertz CT molecular complexity index is 309. The fourth-order valence-corrected chi connectivity index (χ4v) is 1.35. The number of nitrogen functional groups attached to an aromatic ring is 1. The standard InChI is InChI=1S/C9H13N3/c1-5-3-7(5)9-11-4-8(10)6(2)12-9/h4-5,7H,3,10H2,1-2H3. The third-order valence-corrected chi connectivity index (χ3v) is 2.48. The Kier molecular flexibility index (Phi) is 1.53. The van der Waals surface area contributed by atoms with E-state index in [1.165, 1.54) is 6.42 Å². The maximum atomic E-state index is 5.62. The van der Waals surface area contributed by atoms with E-state index in [1.54, 1.807) is 6.20 Å². The highest BCUT2D eigenvalue weighted by Gasteiger charge is 2.36. The van der Waals surface area contributed by atoms with Gasteiger partial charge in [-0.05, 0) is 19.3 Å². The van der Waals surface area contributed by atoms with E-state index in [1.807, 2.05) is 6.92 Å². The Hall–Kier alpha value is -1.12. The van der Waals surface area contributed by atoms with Crippen molar-refractivity contribution in [3.8, 4) is 0 Å². The Balaban J connectivity index is 2.29. The van der Waals surface area contributed by atoms with Crippen LogP contribution in [-0.4, -0.2) is 9.97 Å². The predicted molar refractivity (Wildman–Crippen MR) is 47.7 cm³/mol. The van der Waals surface area contributed by atoms with Crippen molar-refractivity contribution < 1.29 is 0 Å². The molecule has 3 heteroatoms. The summed E-state index contributed by atoms with van der Waals surface area (Å²) in [6.07, 6.45) is 2.94. The maximum absolute atomic E-state index is 5.62. The highest BCUT2D eigenvalue weighted by Crippen LogP contribution is 2.45. The first-order valence-electron chi connectivity index (χ1n) is 4.27. The van der Waals surface area contributed by atoms with Crippen molar-refractivity contribution in [2.45, 2.75) is 26.2 Å². The van der Waals surface area contributed by atoms with Gasteiger partial charge in [0.25, 0.3) is 0 Å². The summed E-state index contributed by atoms with van der Waals surface area (Å²) in [5, 5.41) is 0. The molecule has 3 nitrogen and oxygen atoms in total. The molecule has 0 amide bonds. The molecule has 2 N–H and O–H groups in total. The molecule has 1 aliphatic rings. The highest BCUT2D eigenvalue weighted by molar-refractivity contribution is 5.39. The van der Waals surface area contributed by atoms with E-state index in [0.29, 0.717) is 11.6 Å². The summed E-state index contributed by atoms with van der Waals surface area (Å²) in [6, 6.07) is 0. The van der Waals surface area contributed by atoms with E-state index in [0.717, 1.165) is 17.4 Å². The summed E-state index contributed by atoms with van der Waals surface area (Å²) in [4.78, 5) is 8.56. The third kappa shape index (κ3) is 1.15. The predicted octanol–water partition coefficient (Wildman–Crippen LogP) is 1.49. The molecule has 1 aromatic heterocycles. The van der Waals surface area contributed by atoms with Gasteiger partial charge >= 0.3 is 0 Å². The first-order valence-corrected chi connectivity index (χ1v) is 4.27. The van der Waals surface area contributed by atoms with Crippen molar-refractivity contribution in [3.63, 3.8) is 0 Å². The molecule has 2 rings (SSSR count). The zero-order valence-corrected chi connectivity index (χ0v) is 7.41. The summed E-state index contributed by atoms with van der Waals surface area (Å²) < 4.78 is 0. The van der Waals surface area contributed by atoms with Crippen molar-refractivity contribution in [3.05, 3.63) is 17.7 Å². The van der Waals surface area contributed by atoms with E-state index >= 15 is 0 Å². The van der Waals surface area contributed by atoms with Crippen molar-refractivity contribution >= 4 is 5.69 Å². The van der Waals surface area contributed by atoms with Gasteiger partial charge in [-0.25, -0.2) is 9.97 Å². The van der Waals surface area contributed by atoms with Crippen LogP contribution in [0.5, 0.6) is 0 Å². The molecule has 0 aromatic carbocycles. The number of anilines is 1. The monoisotopic (exact) mass is 163 g/mol. The van der Waals surface area contributed by atoms with E-state index in [4.69, 9.17) is 5.73 Å². The lowest BCUT2D eigenvalue weighted by Gasteiger charge is -2.00. The second-order valence-electron chi connectivity index (χ2n) is 3.59. The molecule has 12 heavy (non-hydrogen) atoms. The minimum absolute atomic E-state index is 0.587. The van der Waals surface area contributed by atoms with Gasteiger partial charge in [0.2, 0.25) is 0 Å². The van der Waals surface area contributed by atoms with Crippen LogP contribution in [0.3, 0.4) is 0 Å². The first kappa shape index (κ1) is 7.53. The first-order chi connectivity index (χ1) is 5.68. The summed E-state index contributed by atoms with van der Waals surface area (Å²) >= 11 is 0. The fourth-order valence-electron chi connectivity index (χ4n) is 1.35. The van der Waals surface area contributed by atoms with Crippen LogP contribution in [-0.2, 0) is 0 Å². The molecular formula is C9H13N3. The molecular weight excluding hydrogens is 150 g/mol. The number of aryl methyl sites for hydroxylation is 1. The lowest BCUT2D eigenvalue weighted by atomic mass is 10.3. The number of nitrogens with two attached hydrogens (primary N) is 1. The number of aromatic nitrogens is 2. The maximum Gasteiger partial charge on any atom is 0.132 e. The number of hydrogen-bond acceptors (Lipinski definition) is 3. The molecule has 1 saturated carbocycles. The lowest BCUT2D eigenvalue weighted by Crippen LogP contribution is -1.99. The van der Waals surface area contributed by atoms with Gasteiger partial charge in [0.05, 0.1) is 17.6 Å².